The first-order valence-electron chi connectivity index (χ1n) is 7.40. The van der Waals surface area contributed by atoms with Crippen molar-refractivity contribution in [2.75, 3.05) is 11.9 Å². The molecule has 10 heteroatoms. The van der Waals surface area contributed by atoms with Gasteiger partial charge in [-0.2, -0.15) is 18.3 Å². The average molecular weight is 353 g/mol. The Hall–Kier alpha value is -2.91. The van der Waals surface area contributed by atoms with Crippen LogP contribution in [0.3, 0.4) is 0 Å². The number of hydrogen-bond donors (Lipinski definition) is 1. The Balaban J connectivity index is 1.74. The molecule has 7 nitrogen and oxygen atoms in total. The van der Waals surface area contributed by atoms with E-state index in [1.807, 2.05) is 0 Å². The number of aromatic nitrogens is 3. The third kappa shape index (κ3) is 3.62. The first-order valence-corrected chi connectivity index (χ1v) is 7.40. The summed E-state index contributed by atoms with van der Waals surface area (Å²) in [6.45, 7) is 0.492. The third-order valence-electron chi connectivity index (χ3n) is 3.80. The molecule has 25 heavy (non-hydrogen) atoms. The van der Waals surface area contributed by atoms with Gasteiger partial charge in [-0.3, -0.25) is 10.1 Å². The minimum absolute atomic E-state index is 0.156. The summed E-state index contributed by atoms with van der Waals surface area (Å²) in [5, 5.41) is 6.49. The van der Waals surface area contributed by atoms with Gasteiger partial charge in [0, 0.05) is 38.2 Å². The Morgan fingerprint density at radius 2 is 2.08 bits per heavy atom. The lowest BCUT2D eigenvalue weighted by atomic mass is 10.1. The molecule has 0 aliphatic carbocycles. The van der Waals surface area contributed by atoms with E-state index in [1.54, 1.807) is 7.05 Å². The summed E-state index contributed by atoms with van der Waals surface area (Å²) in [4.78, 5) is 28.7. The third-order valence-corrected chi connectivity index (χ3v) is 3.80. The van der Waals surface area contributed by atoms with Gasteiger partial charge in [0.05, 0.1) is 5.69 Å². The first-order chi connectivity index (χ1) is 11.7. The number of carbonyl (C=O) groups excluding carboxylic acids is 1. The predicted octanol–water partition coefficient (Wildman–Crippen LogP) is 1.78. The van der Waals surface area contributed by atoms with Crippen molar-refractivity contribution in [1.82, 2.24) is 19.7 Å². The molecule has 2 aromatic rings. The van der Waals surface area contributed by atoms with Crippen LogP contribution in [0.2, 0.25) is 0 Å². The zero-order chi connectivity index (χ0) is 18.2. The highest BCUT2D eigenvalue weighted by Crippen LogP contribution is 2.28. The lowest BCUT2D eigenvalue weighted by Gasteiger charge is -2.28. The molecule has 0 saturated heterocycles. The standard InChI is InChI=1S/C15H14F3N5O2/c1-22-13(24)7-9-8-23(6-5-10(9)21-22)14(25)20-12-4-2-3-11(19-12)15(16,17)18/h2-4,7H,5-6,8H2,1H3,(H,19,20,25). The molecule has 132 valence electrons. The van der Waals surface area contributed by atoms with Gasteiger partial charge in [-0.1, -0.05) is 6.07 Å². The van der Waals surface area contributed by atoms with Crippen LogP contribution in [0, 0.1) is 0 Å². The molecule has 3 rings (SSSR count). The van der Waals surface area contributed by atoms with Gasteiger partial charge < -0.3 is 4.90 Å². The van der Waals surface area contributed by atoms with Crippen LogP contribution in [0.15, 0.2) is 29.1 Å². The Morgan fingerprint density at radius 3 is 2.80 bits per heavy atom. The zero-order valence-corrected chi connectivity index (χ0v) is 13.2. The minimum Gasteiger partial charge on any atom is -0.320 e. The molecule has 1 aliphatic heterocycles. The smallest absolute Gasteiger partial charge is 0.320 e. The number of halogens is 3. The number of pyridine rings is 1. The van der Waals surface area contributed by atoms with Crippen molar-refractivity contribution in [3.63, 3.8) is 0 Å². The Labute approximate surface area is 140 Å². The van der Waals surface area contributed by atoms with Crippen molar-refractivity contribution in [1.29, 1.82) is 0 Å². The Bertz CT molecular complexity index is 878. The van der Waals surface area contributed by atoms with Crippen LogP contribution in [0.25, 0.3) is 0 Å². The molecule has 2 aromatic heterocycles. The van der Waals surface area contributed by atoms with Crippen LogP contribution < -0.4 is 10.9 Å². The highest BCUT2D eigenvalue weighted by Gasteiger charge is 2.32. The molecule has 0 spiro atoms. The maximum atomic E-state index is 12.7. The van der Waals surface area contributed by atoms with E-state index >= 15 is 0 Å². The summed E-state index contributed by atoms with van der Waals surface area (Å²) in [5.74, 6) is -0.187. The number of fused-ring (bicyclic) bond motifs is 1. The first kappa shape index (κ1) is 16.9. The molecule has 0 saturated carbocycles. The molecular formula is C15H14F3N5O2. The van der Waals surface area contributed by atoms with Gasteiger partial charge in [0.15, 0.2) is 0 Å². The number of urea groups is 1. The number of aryl methyl sites for hydroxylation is 1. The van der Waals surface area contributed by atoms with E-state index in [-0.39, 0.29) is 17.9 Å². The molecule has 0 fully saturated rings. The lowest BCUT2D eigenvalue weighted by molar-refractivity contribution is -0.141. The molecule has 3 heterocycles. The molecule has 0 bridgehead atoms. The van der Waals surface area contributed by atoms with Gasteiger partial charge in [0.25, 0.3) is 5.56 Å². The number of nitrogens with zero attached hydrogens (tertiary/aromatic N) is 4. The zero-order valence-electron chi connectivity index (χ0n) is 13.2. The summed E-state index contributed by atoms with van der Waals surface area (Å²) >= 11 is 0. The van der Waals surface area contributed by atoms with E-state index in [2.05, 4.69) is 15.4 Å². The summed E-state index contributed by atoms with van der Waals surface area (Å²) in [5.41, 5.74) is -0.0209. The van der Waals surface area contributed by atoms with Crippen molar-refractivity contribution in [2.45, 2.75) is 19.1 Å². The average Bonchev–Trinajstić information content (AvgIpc) is 2.55. The van der Waals surface area contributed by atoms with Crippen molar-refractivity contribution >= 4 is 11.8 Å². The molecule has 1 N–H and O–H groups in total. The topological polar surface area (TPSA) is 80.1 Å². The van der Waals surface area contributed by atoms with Crippen molar-refractivity contribution in [2.24, 2.45) is 7.05 Å². The van der Waals surface area contributed by atoms with Crippen molar-refractivity contribution < 1.29 is 18.0 Å². The summed E-state index contributed by atoms with van der Waals surface area (Å²) in [7, 11) is 1.54. The number of hydrogen-bond acceptors (Lipinski definition) is 4. The van der Waals surface area contributed by atoms with Crippen molar-refractivity contribution in [3.05, 3.63) is 51.6 Å². The monoisotopic (exact) mass is 353 g/mol. The van der Waals surface area contributed by atoms with E-state index in [0.717, 1.165) is 11.8 Å². The predicted molar refractivity (Wildman–Crippen MR) is 81.8 cm³/mol. The van der Waals surface area contributed by atoms with Crippen LogP contribution in [0.5, 0.6) is 0 Å². The van der Waals surface area contributed by atoms with Crippen LogP contribution in [0.1, 0.15) is 17.0 Å². The fourth-order valence-corrected chi connectivity index (χ4v) is 2.52. The van der Waals surface area contributed by atoms with E-state index in [9.17, 15) is 22.8 Å². The van der Waals surface area contributed by atoms with Gasteiger partial charge in [-0.15, -0.1) is 0 Å². The van der Waals surface area contributed by atoms with Gasteiger partial charge in [0.2, 0.25) is 0 Å². The Kier molecular flexibility index (Phi) is 4.19. The SMILES string of the molecule is Cn1nc2c(cc1=O)CN(C(=O)Nc1cccc(C(F)(F)F)n1)CC2. The molecule has 0 atom stereocenters. The highest BCUT2D eigenvalue weighted by atomic mass is 19.4. The number of anilines is 1. The maximum Gasteiger partial charge on any atom is 0.433 e. The van der Waals surface area contributed by atoms with Gasteiger partial charge in [-0.25, -0.2) is 14.5 Å². The molecule has 0 unspecified atom stereocenters. The fraction of sp³-hybridized carbons (Fsp3) is 0.333. The second kappa shape index (κ2) is 6.19. The minimum atomic E-state index is -4.59. The molecule has 2 amide bonds. The number of amides is 2. The largest absolute Gasteiger partial charge is 0.433 e. The number of nitrogens with one attached hydrogen (secondary N) is 1. The van der Waals surface area contributed by atoms with Crippen LogP contribution in [0.4, 0.5) is 23.8 Å². The van der Waals surface area contributed by atoms with Crippen LogP contribution in [-0.4, -0.2) is 32.2 Å². The van der Waals surface area contributed by atoms with Crippen molar-refractivity contribution in [3.8, 4) is 0 Å². The summed E-state index contributed by atoms with van der Waals surface area (Å²) < 4.78 is 39.2. The molecule has 0 aromatic carbocycles. The number of carbonyl (C=O) groups is 1. The quantitative estimate of drug-likeness (QED) is 0.848. The second-order valence-electron chi connectivity index (χ2n) is 5.59. The van der Waals surface area contributed by atoms with Gasteiger partial charge in [0.1, 0.15) is 11.5 Å². The van der Waals surface area contributed by atoms with Crippen LogP contribution >= 0.6 is 0 Å². The maximum absolute atomic E-state index is 12.7. The fourth-order valence-electron chi connectivity index (χ4n) is 2.52. The lowest BCUT2D eigenvalue weighted by Crippen LogP contribution is -2.40. The summed E-state index contributed by atoms with van der Waals surface area (Å²) in [6.07, 6.45) is -4.14. The van der Waals surface area contributed by atoms with E-state index in [0.29, 0.717) is 18.5 Å². The Morgan fingerprint density at radius 1 is 1.32 bits per heavy atom. The highest BCUT2D eigenvalue weighted by molar-refractivity contribution is 5.88. The molecule has 1 aliphatic rings. The van der Waals surface area contributed by atoms with Gasteiger partial charge >= 0.3 is 12.2 Å². The molecule has 0 radical (unpaired) electrons. The number of alkyl halides is 3. The van der Waals surface area contributed by atoms with Crippen LogP contribution in [-0.2, 0) is 26.2 Å². The van der Waals surface area contributed by atoms with E-state index < -0.39 is 17.9 Å². The van der Waals surface area contributed by atoms with Gasteiger partial charge in [-0.05, 0) is 12.1 Å². The normalized spacial score (nSPS) is 14.2. The number of rotatable bonds is 1. The van der Waals surface area contributed by atoms with E-state index in [1.165, 1.54) is 27.8 Å². The second-order valence-corrected chi connectivity index (χ2v) is 5.59. The van der Waals surface area contributed by atoms with E-state index in [4.69, 9.17) is 0 Å². The summed E-state index contributed by atoms with van der Waals surface area (Å²) in [6, 6.07) is 4.10. The molecular weight excluding hydrogens is 339 g/mol.